The van der Waals surface area contributed by atoms with Gasteiger partial charge < -0.3 is 0 Å². The number of fused-ring (bicyclic) bond motifs is 3. The summed E-state index contributed by atoms with van der Waals surface area (Å²) in [5.41, 5.74) is 2.50. The van der Waals surface area contributed by atoms with Crippen LogP contribution in [0.1, 0.15) is 33.7 Å². The first-order valence-corrected chi connectivity index (χ1v) is 8.46. The topological polar surface area (TPSA) is 77.4 Å². The number of aryl methyl sites for hydroxylation is 1. The van der Waals surface area contributed by atoms with E-state index in [9.17, 15) is 9.59 Å². The molecule has 2 aromatic heterocycles. The van der Waals surface area contributed by atoms with Crippen molar-refractivity contribution in [2.75, 3.05) is 11.6 Å². The largest absolute Gasteiger partial charge is 0.332 e. The molecule has 0 N–H and O–H groups in total. The van der Waals surface area contributed by atoms with Gasteiger partial charge in [-0.2, -0.15) is 10.1 Å². The lowest BCUT2D eigenvalue weighted by molar-refractivity contribution is 0.630. The van der Waals surface area contributed by atoms with Crippen molar-refractivity contribution < 1.29 is 0 Å². The summed E-state index contributed by atoms with van der Waals surface area (Å²) >= 11 is 0. The Balaban J connectivity index is 2.40. The summed E-state index contributed by atoms with van der Waals surface area (Å²) in [6.45, 7) is 16.0. The summed E-state index contributed by atoms with van der Waals surface area (Å²) in [4.78, 5) is 30.3. The molecule has 3 heterocycles. The van der Waals surface area contributed by atoms with E-state index in [1.165, 1.54) is 9.13 Å². The molecule has 0 fully saturated rings. The van der Waals surface area contributed by atoms with Crippen LogP contribution >= 0.6 is 0 Å². The molecule has 138 valence electrons. The summed E-state index contributed by atoms with van der Waals surface area (Å²) in [5, 5.41) is 6.31. The Bertz CT molecular complexity index is 1080. The Morgan fingerprint density at radius 1 is 1.15 bits per heavy atom. The number of allylic oxidation sites excluding steroid dienone is 1. The SMILES string of the molecule is C=C(C)CN1N=C(C)[C@@H](C)n2c1nc1c2c(=O)n(CC(=C)C)c(=O)n1C. The van der Waals surface area contributed by atoms with Gasteiger partial charge in [-0.05, 0) is 27.7 Å². The Labute approximate surface area is 151 Å². The van der Waals surface area contributed by atoms with E-state index in [-0.39, 0.29) is 18.1 Å². The molecule has 2 aromatic rings. The average molecular weight is 356 g/mol. The Hall–Kier alpha value is -2.90. The summed E-state index contributed by atoms with van der Waals surface area (Å²) in [6, 6.07) is -0.139. The molecule has 3 rings (SSSR count). The number of hydrogen-bond acceptors (Lipinski definition) is 5. The van der Waals surface area contributed by atoms with Gasteiger partial charge in [0.05, 0.1) is 24.8 Å². The molecule has 0 saturated carbocycles. The van der Waals surface area contributed by atoms with E-state index in [0.29, 0.717) is 23.7 Å². The molecule has 26 heavy (non-hydrogen) atoms. The van der Waals surface area contributed by atoms with Gasteiger partial charge in [0.1, 0.15) is 0 Å². The molecule has 0 spiro atoms. The molecule has 1 aliphatic rings. The van der Waals surface area contributed by atoms with Crippen LogP contribution in [0, 0.1) is 0 Å². The number of nitrogens with zero attached hydrogens (tertiary/aromatic N) is 6. The fourth-order valence-electron chi connectivity index (χ4n) is 3.15. The van der Waals surface area contributed by atoms with Crippen LogP contribution in [0.25, 0.3) is 11.2 Å². The van der Waals surface area contributed by atoms with Crippen LogP contribution in [0.3, 0.4) is 0 Å². The van der Waals surface area contributed by atoms with E-state index in [0.717, 1.165) is 16.9 Å². The zero-order valence-corrected chi connectivity index (χ0v) is 15.9. The van der Waals surface area contributed by atoms with E-state index >= 15 is 0 Å². The minimum absolute atomic E-state index is 0.139. The highest BCUT2D eigenvalue weighted by molar-refractivity contribution is 5.91. The molecule has 1 atom stereocenters. The molecular formula is C18H24N6O2. The predicted octanol–water partition coefficient (Wildman–Crippen LogP) is 1.81. The third-order valence-electron chi connectivity index (χ3n) is 4.51. The van der Waals surface area contributed by atoms with Crippen molar-refractivity contribution in [1.29, 1.82) is 0 Å². The van der Waals surface area contributed by atoms with E-state index in [1.807, 2.05) is 25.3 Å². The number of hydrazone groups is 1. The number of rotatable bonds is 4. The van der Waals surface area contributed by atoms with Crippen molar-refractivity contribution in [2.45, 2.75) is 40.3 Å². The zero-order valence-electron chi connectivity index (χ0n) is 15.9. The van der Waals surface area contributed by atoms with Crippen molar-refractivity contribution in [2.24, 2.45) is 12.1 Å². The maximum Gasteiger partial charge on any atom is 0.332 e. The van der Waals surface area contributed by atoms with Gasteiger partial charge in [-0.25, -0.2) is 9.80 Å². The highest BCUT2D eigenvalue weighted by Gasteiger charge is 2.30. The monoisotopic (exact) mass is 356 g/mol. The Kier molecular flexibility index (Phi) is 4.21. The lowest BCUT2D eigenvalue weighted by Crippen LogP contribution is -2.40. The summed E-state index contributed by atoms with van der Waals surface area (Å²) in [6.07, 6.45) is 0. The maximum atomic E-state index is 13.1. The van der Waals surface area contributed by atoms with Crippen molar-refractivity contribution in [3.63, 3.8) is 0 Å². The predicted molar refractivity (Wildman–Crippen MR) is 104 cm³/mol. The van der Waals surface area contributed by atoms with Gasteiger partial charge in [0.15, 0.2) is 11.2 Å². The van der Waals surface area contributed by atoms with Crippen LogP contribution < -0.4 is 16.3 Å². The van der Waals surface area contributed by atoms with Crippen molar-refractivity contribution >= 4 is 22.8 Å². The average Bonchev–Trinajstić information content (AvgIpc) is 2.95. The zero-order chi connectivity index (χ0) is 19.3. The molecule has 0 amide bonds. The first kappa shape index (κ1) is 17.9. The van der Waals surface area contributed by atoms with Crippen molar-refractivity contribution in [3.05, 3.63) is 45.1 Å². The molecule has 1 aliphatic heterocycles. The molecule has 0 unspecified atom stereocenters. The summed E-state index contributed by atoms with van der Waals surface area (Å²) in [7, 11) is 1.62. The lowest BCUT2D eigenvalue weighted by atomic mass is 10.2. The van der Waals surface area contributed by atoms with Crippen LogP contribution in [0.2, 0.25) is 0 Å². The van der Waals surface area contributed by atoms with Gasteiger partial charge in [-0.15, -0.1) is 0 Å². The molecule has 0 bridgehead atoms. The maximum absolute atomic E-state index is 13.1. The third-order valence-corrected chi connectivity index (χ3v) is 4.51. The van der Waals surface area contributed by atoms with Gasteiger partial charge in [-0.3, -0.25) is 18.5 Å². The molecule has 0 aromatic carbocycles. The van der Waals surface area contributed by atoms with Gasteiger partial charge in [0.25, 0.3) is 5.56 Å². The molecular weight excluding hydrogens is 332 g/mol. The van der Waals surface area contributed by atoms with Crippen LogP contribution in [-0.2, 0) is 13.6 Å². The number of anilines is 1. The van der Waals surface area contributed by atoms with E-state index in [2.05, 4.69) is 23.2 Å². The first-order valence-electron chi connectivity index (χ1n) is 8.46. The second-order valence-corrected chi connectivity index (χ2v) is 7.08. The molecule has 0 saturated heterocycles. The number of imidazole rings is 1. The molecule has 0 aliphatic carbocycles. The highest BCUT2D eigenvalue weighted by Crippen LogP contribution is 2.30. The minimum Gasteiger partial charge on any atom is -0.294 e. The van der Waals surface area contributed by atoms with Crippen LogP contribution in [-0.4, -0.2) is 30.9 Å². The third kappa shape index (κ3) is 2.61. The Morgan fingerprint density at radius 3 is 2.35 bits per heavy atom. The second-order valence-electron chi connectivity index (χ2n) is 7.08. The highest BCUT2D eigenvalue weighted by atomic mass is 16.2. The van der Waals surface area contributed by atoms with Crippen LogP contribution in [0.4, 0.5) is 5.95 Å². The van der Waals surface area contributed by atoms with E-state index in [1.54, 1.807) is 19.0 Å². The molecule has 0 radical (unpaired) electrons. The fourth-order valence-corrected chi connectivity index (χ4v) is 3.15. The smallest absolute Gasteiger partial charge is 0.294 e. The van der Waals surface area contributed by atoms with Crippen LogP contribution in [0.5, 0.6) is 0 Å². The molecule has 8 nitrogen and oxygen atoms in total. The Morgan fingerprint density at radius 2 is 1.77 bits per heavy atom. The van der Waals surface area contributed by atoms with Crippen molar-refractivity contribution in [1.82, 2.24) is 18.7 Å². The normalized spacial score (nSPS) is 16.6. The van der Waals surface area contributed by atoms with E-state index in [4.69, 9.17) is 0 Å². The standard InChI is InChI=1S/C18H24N6O2/c1-10(2)8-22-16(25)14-15(21(7)18(22)26)19-17-23(9-11(3)4)20-12(5)13(6)24(14)17/h13H,1,3,8-9H2,2,4-7H3/t13-/m1/s1. The molecule has 8 heteroatoms. The number of hydrogen-bond donors (Lipinski definition) is 0. The van der Waals surface area contributed by atoms with Gasteiger partial charge in [0.2, 0.25) is 5.95 Å². The lowest BCUT2D eigenvalue weighted by Gasteiger charge is -2.29. The van der Waals surface area contributed by atoms with Crippen molar-refractivity contribution in [3.8, 4) is 0 Å². The van der Waals surface area contributed by atoms with E-state index < -0.39 is 5.69 Å². The summed E-state index contributed by atoms with van der Waals surface area (Å²) in [5.74, 6) is 0.543. The quantitative estimate of drug-likeness (QED) is 0.783. The first-order chi connectivity index (χ1) is 12.1. The van der Waals surface area contributed by atoms with Gasteiger partial charge >= 0.3 is 5.69 Å². The van der Waals surface area contributed by atoms with Gasteiger partial charge in [-0.1, -0.05) is 24.3 Å². The second kappa shape index (κ2) is 6.12. The number of aromatic nitrogens is 4. The fraction of sp³-hybridized carbons (Fsp3) is 0.444. The van der Waals surface area contributed by atoms with Gasteiger partial charge in [0, 0.05) is 7.05 Å². The summed E-state index contributed by atoms with van der Waals surface area (Å²) < 4.78 is 4.47. The minimum atomic E-state index is -0.405. The van der Waals surface area contributed by atoms with Crippen LogP contribution in [0.15, 0.2) is 39.0 Å².